The highest BCUT2D eigenvalue weighted by molar-refractivity contribution is 5.95. The maximum absolute atomic E-state index is 11.2. The normalized spacial score (nSPS) is 10.5. The van der Waals surface area contributed by atoms with Gasteiger partial charge in [-0.3, -0.25) is 4.79 Å². The summed E-state index contributed by atoms with van der Waals surface area (Å²) in [4.78, 5) is 15.1. The Morgan fingerprint density at radius 3 is 2.38 bits per heavy atom. The predicted octanol–water partition coefficient (Wildman–Crippen LogP) is -0.179. The lowest BCUT2D eigenvalue weighted by Crippen LogP contribution is -2.17. The molecule has 118 valence electrons. The van der Waals surface area contributed by atoms with Gasteiger partial charge >= 0.3 is 0 Å². The molecule has 4 N–H and O–H groups in total. The molecule has 0 aliphatic carbocycles. The molecule has 1 rings (SSSR count). The summed E-state index contributed by atoms with van der Waals surface area (Å²) in [5.74, 6) is -0.492. The Kier molecular flexibility index (Phi) is 8.10. The summed E-state index contributed by atoms with van der Waals surface area (Å²) in [5, 5.41) is 0. The fraction of sp³-hybridized carbons (Fsp3) is 0.538. The largest absolute Gasteiger partial charge is 0.475 e. The number of nitrogens with two attached hydrogens (primary N) is 2. The summed E-state index contributed by atoms with van der Waals surface area (Å²) in [6.45, 7) is 2.61. The van der Waals surface area contributed by atoms with Gasteiger partial charge in [-0.25, -0.2) is 4.98 Å². The van der Waals surface area contributed by atoms with Crippen molar-refractivity contribution in [3.63, 3.8) is 0 Å². The molecule has 1 aromatic heterocycles. The molecule has 8 heteroatoms. The molecule has 1 heterocycles. The number of hydrogen-bond donors (Lipinski definition) is 2. The molecule has 1 amide bonds. The second kappa shape index (κ2) is 9.92. The summed E-state index contributed by atoms with van der Waals surface area (Å²) in [6.07, 6.45) is 1.40. The van der Waals surface area contributed by atoms with Gasteiger partial charge in [-0.2, -0.15) is 0 Å². The van der Waals surface area contributed by atoms with Crippen molar-refractivity contribution < 1.29 is 23.7 Å². The smallest absolute Gasteiger partial charge is 0.254 e. The number of methoxy groups -OCH3 is 1. The number of anilines is 1. The summed E-state index contributed by atoms with van der Waals surface area (Å²) >= 11 is 0. The van der Waals surface area contributed by atoms with Gasteiger partial charge in [0.1, 0.15) is 12.2 Å². The average molecular weight is 299 g/mol. The lowest BCUT2D eigenvalue weighted by molar-refractivity contribution is 0.0176. The van der Waals surface area contributed by atoms with Crippen molar-refractivity contribution in [2.75, 3.05) is 52.5 Å². The highest BCUT2D eigenvalue weighted by atomic mass is 16.6. The summed E-state index contributed by atoms with van der Waals surface area (Å²) < 4.78 is 20.7. The molecule has 0 unspecified atom stereocenters. The van der Waals surface area contributed by atoms with Crippen LogP contribution >= 0.6 is 0 Å². The molecule has 21 heavy (non-hydrogen) atoms. The predicted molar refractivity (Wildman–Crippen MR) is 76.2 cm³/mol. The maximum Gasteiger partial charge on any atom is 0.254 e. The summed E-state index contributed by atoms with van der Waals surface area (Å²) in [6, 6.07) is 1.43. The Balaban J connectivity index is 2.20. The van der Waals surface area contributed by atoms with Crippen LogP contribution in [0, 0.1) is 0 Å². The molecule has 0 spiro atoms. The number of rotatable bonds is 11. The van der Waals surface area contributed by atoms with Crippen LogP contribution < -0.4 is 16.2 Å². The molecule has 0 aliphatic heterocycles. The van der Waals surface area contributed by atoms with Gasteiger partial charge < -0.3 is 30.4 Å². The van der Waals surface area contributed by atoms with E-state index in [0.29, 0.717) is 38.7 Å². The van der Waals surface area contributed by atoms with E-state index >= 15 is 0 Å². The average Bonchev–Trinajstić information content (AvgIpc) is 2.46. The number of aromatic nitrogens is 1. The molecule has 0 fully saturated rings. The SMILES string of the molecule is COCCOCCOCCOc1ncc(N)cc1C(N)=O. The Hall–Kier alpha value is -1.90. The zero-order valence-electron chi connectivity index (χ0n) is 12.0. The van der Waals surface area contributed by atoms with E-state index in [1.54, 1.807) is 7.11 Å². The summed E-state index contributed by atoms with van der Waals surface area (Å²) in [5.41, 5.74) is 11.3. The number of carbonyl (C=O) groups excluding carboxylic acids is 1. The Morgan fingerprint density at radius 2 is 1.76 bits per heavy atom. The zero-order valence-corrected chi connectivity index (χ0v) is 12.0. The minimum atomic E-state index is -0.641. The van der Waals surface area contributed by atoms with Gasteiger partial charge in [0.05, 0.1) is 44.9 Å². The third-order valence-corrected chi connectivity index (χ3v) is 2.41. The van der Waals surface area contributed by atoms with Crippen LogP contribution in [0.4, 0.5) is 5.69 Å². The maximum atomic E-state index is 11.2. The molecule has 0 saturated carbocycles. The van der Waals surface area contributed by atoms with E-state index in [1.807, 2.05) is 0 Å². The van der Waals surface area contributed by atoms with Crippen LogP contribution in [0.2, 0.25) is 0 Å². The third kappa shape index (κ3) is 6.89. The fourth-order valence-electron chi connectivity index (χ4n) is 1.42. The van der Waals surface area contributed by atoms with Gasteiger partial charge in [0, 0.05) is 7.11 Å². The van der Waals surface area contributed by atoms with Gasteiger partial charge in [0.2, 0.25) is 5.88 Å². The van der Waals surface area contributed by atoms with E-state index in [-0.39, 0.29) is 18.1 Å². The van der Waals surface area contributed by atoms with Crippen molar-refractivity contribution in [1.29, 1.82) is 0 Å². The molecular formula is C13H21N3O5. The third-order valence-electron chi connectivity index (χ3n) is 2.41. The highest BCUT2D eigenvalue weighted by Gasteiger charge is 2.11. The zero-order chi connectivity index (χ0) is 15.5. The molecule has 0 radical (unpaired) electrons. The van der Waals surface area contributed by atoms with Crippen LogP contribution in [-0.4, -0.2) is 57.6 Å². The monoisotopic (exact) mass is 299 g/mol. The second-order valence-corrected chi connectivity index (χ2v) is 4.05. The van der Waals surface area contributed by atoms with E-state index in [0.717, 1.165) is 0 Å². The minimum Gasteiger partial charge on any atom is -0.475 e. The van der Waals surface area contributed by atoms with Gasteiger partial charge in [-0.05, 0) is 6.07 Å². The van der Waals surface area contributed by atoms with Crippen molar-refractivity contribution in [2.45, 2.75) is 0 Å². The van der Waals surface area contributed by atoms with E-state index in [1.165, 1.54) is 12.3 Å². The van der Waals surface area contributed by atoms with E-state index in [2.05, 4.69) is 4.98 Å². The molecule has 0 saturated heterocycles. The second-order valence-electron chi connectivity index (χ2n) is 4.05. The van der Waals surface area contributed by atoms with Crippen LogP contribution in [0.3, 0.4) is 0 Å². The number of ether oxygens (including phenoxy) is 4. The van der Waals surface area contributed by atoms with Gasteiger partial charge in [0.25, 0.3) is 5.91 Å². The lowest BCUT2D eigenvalue weighted by atomic mass is 10.2. The number of amides is 1. The number of hydrogen-bond acceptors (Lipinski definition) is 7. The number of pyridine rings is 1. The van der Waals surface area contributed by atoms with Crippen molar-refractivity contribution >= 4 is 11.6 Å². The van der Waals surface area contributed by atoms with Crippen LogP contribution in [0.25, 0.3) is 0 Å². The van der Waals surface area contributed by atoms with Crippen LogP contribution in [0.5, 0.6) is 5.88 Å². The van der Waals surface area contributed by atoms with Gasteiger partial charge in [0.15, 0.2) is 0 Å². The molecule has 0 aromatic carbocycles. The molecule has 8 nitrogen and oxygen atoms in total. The number of nitrogen functional groups attached to an aromatic ring is 1. The Bertz CT molecular complexity index is 442. The first kappa shape index (κ1) is 17.2. The van der Waals surface area contributed by atoms with Gasteiger partial charge in [-0.1, -0.05) is 0 Å². The first-order chi connectivity index (χ1) is 10.1. The highest BCUT2D eigenvalue weighted by Crippen LogP contribution is 2.17. The Morgan fingerprint density at radius 1 is 1.14 bits per heavy atom. The van der Waals surface area contributed by atoms with Crippen molar-refractivity contribution in [2.24, 2.45) is 5.73 Å². The standard InChI is InChI=1S/C13H21N3O5/c1-18-2-3-19-4-5-20-6-7-21-13-11(12(15)17)8-10(14)9-16-13/h8-9H,2-7,14H2,1H3,(H2,15,17). The molecule has 0 aliphatic rings. The number of nitrogens with zero attached hydrogens (tertiary/aromatic N) is 1. The quantitative estimate of drug-likeness (QED) is 0.544. The Labute approximate surface area is 123 Å². The molecule has 0 atom stereocenters. The minimum absolute atomic E-state index is 0.150. The number of primary amides is 1. The van der Waals surface area contributed by atoms with E-state index in [9.17, 15) is 4.79 Å². The van der Waals surface area contributed by atoms with Crippen LogP contribution in [0.1, 0.15) is 10.4 Å². The van der Waals surface area contributed by atoms with Crippen LogP contribution in [-0.2, 0) is 14.2 Å². The molecular weight excluding hydrogens is 278 g/mol. The molecule has 1 aromatic rings. The topological polar surface area (TPSA) is 119 Å². The molecule has 0 bridgehead atoms. The fourth-order valence-corrected chi connectivity index (χ4v) is 1.42. The van der Waals surface area contributed by atoms with E-state index < -0.39 is 5.91 Å². The number of carbonyl (C=O) groups is 1. The first-order valence-electron chi connectivity index (χ1n) is 6.47. The van der Waals surface area contributed by atoms with Crippen LogP contribution in [0.15, 0.2) is 12.3 Å². The first-order valence-corrected chi connectivity index (χ1v) is 6.47. The summed E-state index contributed by atoms with van der Waals surface area (Å²) in [7, 11) is 1.61. The van der Waals surface area contributed by atoms with Gasteiger partial charge in [-0.15, -0.1) is 0 Å². The van der Waals surface area contributed by atoms with Crippen molar-refractivity contribution in [3.05, 3.63) is 17.8 Å². The van der Waals surface area contributed by atoms with E-state index in [4.69, 9.17) is 30.4 Å². The lowest BCUT2D eigenvalue weighted by Gasteiger charge is -2.09. The van der Waals surface area contributed by atoms with Crippen molar-refractivity contribution in [3.8, 4) is 5.88 Å². The van der Waals surface area contributed by atoms with Crippen molar-refractivity contribution in [1.82, 2.24) is 4.98 Å².